The van der Waals surface area contributed by atoms with Crippen molar-refractivity contribution >= 4 is 18.0 Å². The Morgan fingerprint density at radius 2 is 2.09 bits per heavy atom. The monoisotopic (exact) mass is 303 g/mol. The van der Waals surface area contributed by atoms with Gasteiger partial charge in [-0.15, -0.1) is 0 Å². The number of hydrogen-bond acceptors (Lipinski definition) is 4. The van der Waals surface area contributed by atoms with Crippen LogP contribution in [0.25, 0.3) is 6.08 Å². The quantitative estimate of drug-likeness (QED) is 0.632. The SMILES string of the molecule is COC(=O)[C@H]1CCCCN1C(=O)/C=C\c1cccc(OC)c1. The molecule has 1 atom stereocenters. The van der Waals surface area contributed by atoms with Crippen LogP contribution in [0.4, 0.5) is 0 Å². The van der Waals surface area contributed by atoms with Crippen LogP contribution in [0.2, 0.25) is 0 Å². The van der Waals surface area contributed by atoms with E-state index in [1.165, 1.54) is 13.2 Å². The average molecular weight is 303 g/mol. The van der Waals surface area contributed by atoms with Crippen molar-refractivity contribution in [3.8, 4) is 5.75 Å². The molecule has 0 aromatic heterocycles. The van der Waals surface area contributed by atoms with E-state index in [0.29, 0.717) is 13.0 Å². The Morgan fingerprint density at radius 3 is 2.82 bits per heavy atom. The van der Waals surface area contributed by atoms with Gasteiger partial charge >= 0.3 is 5.97 Å². The van der Waals surface area contributed by atoms with Gasteiger partial charge in [0.25, 0.3) is 0 Å². The first-order chi connectivity index (χ1) is 10.7. The van der Waals surface area contributed by atoms with Gasteiger partial charge in [-0.2, -0.15) is 0 Å². The molecule has 118 valence electrons. The number of carbonyl (C=O) groups is 2. The molecule has 1 heterocycles. The fourth-order valence-electron chi connectivity index (χ4n) is 2.58. The summed E-state index contributed by atoms with van der Waals surface area (Å²) in [4.78, 5) is 25.7. The largest absolute Gasteiger partial charge is 0.497 e. The number of hydrogen-bond donors (Lipinski definition) is 0. The third-order valence-corrected chi connectivity index (χ3v) is 3.77. The van der Waals surface area contributed by atoms with Gasteiger partial charge in [-0.1, -0.05) is 12.1 Å². The van der Waals surface area contributed by atoms with Crippen LogP contribution in [0.3, 0.4) is 0 Å². The lowest BCUT2D eigenvalue weighted by Gasteiger charge is -2.32. The summed E-state index contributed by atoms with van der Waals surface area (Å²) in [5.74, 6) is 0.223. The Bertz CT molecular complexity index is 568. The van der Waals surface area contributed by atoms with Crippen molar-refractivity contribution in [2.75, 3.05) is 20.8 Å². The third kappa shape index (κ3) is 3.87. The van der Waals surface area contributed by atoms with E-state index in [4.69, 9.17) is 9.47 Å². The van der Waals surface area contributed by atoms with Crippen LogP contribution in [-0.2, 0) is 14.3 Å². The van der Waals surface area contributed by atoms with Crippen LogP contribution in [-0.4, -0.2) is 43.6 Å². The van der Waals surface area contributed by atoms with E-state index in [0.717, 1.165) is 24.2 Å². The van der Waals surface area contributed by atoms with Crippen molar-refractivity contribution in [1.29, 1.82) is 0 Å². The number of piperidine rings is 1. The Balaban J connectivity index is 2.08. The van der Waals surface area contributed by atoms with Gasteiger partial charge in [-0.25, -0.2) is 4.79 Å². The second kappa shape index (κ2) is 7.64. The van der Waals surface area contributed by atoms with Crippen LogP contribution >= 0.6 is 0 Å². The molecule has 1 aromatic carbocycles. The molecular formula is C17H21NO4. The van der Waals surface area contributed by atoms with Crippen LogP contribution in [0.5, 0.6) is 5.75 Å². The van der Waals surface area contributed by atoms with Crippen LogP contribution in [0.15, 0.2) is 30.3 Å². The summed E-state index contributed by atoms with van der Waals surface area (Å²) in [6.07, 6.45) is 5.73. The van der Waals surface area contributed by atoms with Gasteiger partial charge in [-0.05, 0) is 43.0 Å². The number of esters is 1. The van der Waals surface area contributed by atoms with Crippen LogP contribution in [0, 0.1) is 0 Å². The van der Waals surface area contributed by atoms with E-state index in [1.807, 2.05) is 24.3 Å². The van der Waals surface area contributed by atoms with E-state index < -0.39 is 6.04 Å². The second-order valence-electron chi connectivity index (χ2n) is 5.18. The van der Waals surface area contributed by atoms with Crippen LogP contribution < -0.4 is 4.74 Å². The predicted octanol–water partition coefficient (Wildman–Crippen LogP) is 2.26. The third-order valence-electron chi connectivity index (χ3n) is 3.77. The highest BCUT2D eigenvalue weighted by Crippen LogP contribution is 2.19. The standard InChI is InChI=1S/C17H21NO4/c1-21-14-7-5-6-13(12-14)9-10-16(19)18-11-4-3-8-15(18)17(20)22-2/h5-7,9-10,12,15H,3-4,8,11H2,1-2H3/b10-9-/t15-/m1/s1. The van der Waals surface area contributed by atoms with E-state index >= 15 is 0 Å². The maximum atomic E-state index is 12.4. The second-order valence-corrected chi connectivity index (χ2v) is 5.18. The summed E-state index contributed by atoms with van der Waals surface area (Å²) in [6, 6.07) is 6.97. The average Bonchev–Trinajstić information content (AvgIpc) is 2.59. The zero-order valence-electron chi connectivity index (χ0n) is 13.0. The Kier molecular flexibility index (Phi) is 5.58. The zero-order chi connectivity index (χ0) is 15.9. The van der Waals surface area contributed by atoms with Gasteiger partial charge in [0.05, 0.1) is 14.2 Å². The molecule has 1 aromatic rings. The maximum Gasteiger partial charge on any atom is 0.328 e. The lowest BCUT2D eigenvalue weighted by atomic mass is 10.0. The molecule has 1 aliphatic heterocycles. The zero-order valence-corrected chi connectivity index (χ0v) is 13.0. The van der Waals surface area contributed by atoms with E-state index in [2.05, 4.69) is 0 Å². The number of benzene rings is 1. The highest BCUT2D eigenvalue weighted by Gasteiger charge is 2.31. The molecule has 2 rings (SSSR count). The van der Waals surface area contributed by atoms with E-state index in [-0.39, 0.29) is 11.9 Å². The maximum absolute atomic E-state index is 12.4. The fourth-order valence-corrected chi connectivity index (χ4v) is 2.58. The molecule has 1 amide bonds. The number of rotatable bonds is 4. The molecule has 0 aliphatic carbocycles. The van der Waals surface area contributed by atoms with Gasteiger partial charge in [0.2, 0.25) is 5.91 Å². The number of methoxy groups -OCH3 is 2. The van der Waals surface area contributed by atoms with Crippen molar-refractivity contribution in [2.24, 2.45) is 0 Å². The summed E-state index contributed by atoms with van der Waals surface area (Å²) in [6.45, 7) is 0.584. The Hall–Kier alpha value is -2.30. The summed E-state index contributed by atoms with van der Waals surface area (Å²) >= 11 is 0. The summed E-state index contributed by atoms with van der Waals surface area (Å²) in [7, 11) is 2.95. The highest BCUT2D eigenvalue weighted by molar-refractivity contribution is 5.94. The minimum Gasteiger partial charge on any atom is -0.497 e. The van der Waals surface area contributed by atoms with Gasteiger partial charge in [0, 0.05) is 12.6 Å². The van der Waals surface area contributed by atoms with Gasteiger partial charge in [-0.3, -0.25) is 4.79 Å². The highest BCUT2D eigenvalue weighted by atomic mass is 16.5. The first kappa shape index (κ1) is 16.1. The molecule has 0 N–H and O–H groups in total. The van der Waals surface area contributed by atoms with Crippen molar-refractivity contribution in [1.82, 2.24) is 4.90 Å². The molecular weight excluding hydrogens is 282 g/mol. The fraction of sp³-hybridized carbons (Fsp3) is 0.412. The molecule has 5 heteroatoms. The lowest BCUT2D eigenvalue weighted by Crippen LogP contribution is -2.47. The molecule has 1 fully saturated rings. The number of carbonyl (C=O) groups excluding carboxylic acids is 2. The van der Waals surface area contributed by atoms with Crippen molar-refractivity contribution in [3.05, 3.63) is 35.9 Å². The molecule has 1 aliphatic rings. The Labute approximate surface area is 130 Å². The molecule has 22 heavy (non-hydrogen) atoms. The minimum absolute atomic E-state index is 0.169. The topological polar surface area (TPSA) is 55.8 Å². The first-order valence-corrected chi connectivity index (χ1v) is 7.36. The lowest BCUT2D eigenvalue weighted by molar-refractivity contribution is -0.153. The molecule has 1 saturated heterocycles. The molecule has 0 radical (unpaired) electrons. The molecule has 0 unspecified atom stereocenters. The molecule has 0 spiro atoms. The van der Waals surface area contributed by atoms with Gasteiger partial charge in [0.1, 0.15) is 11.8 Å². The van der Waals surface area contributed by atoms with Gasteiger partial charge < -0.3 is 14.4 Å². The normalized spacial score (nSPS) is 18.3. The summed E-state index contributed by atoms with van der Waals surface area (Å²) in [5.41, 5.74) is 0.874. The Morgan fingerprint density at radius 1 is 1.27 bits per heavy atom. The molecule has 0 bridgehead atoms. The molecule has 5 nitrogen and oxygen atoms in total. The minimum atomic E-state index is -0.471. The summed E-state index contributed by atoms with van der Waals surface area (Å²) in [5, 5.41) is 0. The number of amides is 1. The molecule has 0 saturated carbocycles. The summed E-state index contributed by atoms with van der Waals surface area (Å²) < 4.78 is 9.94. The number of nitrogens with zero attached hydrogens (tertiary/aromatic N) is 1. The van der Waals surface area contributed by atoms with Gasteiger partial charge in [0.15, 0.2) is 0 Å². The van der Waals surface area contributed by atoms with Crippen LogP contribution in [0.1, 0.15) is 24.8 Å². The van der Waals surface area contributed by atoms with Crippen molar-refractivity contribution in [3.63, 3.8) is 0 Å². The predicted molar refractivity (Wildman–Crippen MR) is 83.4 cm³/mol. The van der Waals surface area contributed by atoms with E-state index in [1.54, 1.807) is 18.1 Å². The van der Waals surface area contributed by atoms with Crippen molar-refractivity contribution < 1.29 is 19.1 Å². The number of ether oxygens (including phenoxy) is 2. The number of likely N-dealkylation sites (tertiary alicyclic amines) is 1. The van der Waals surface area contributed by atoms with E-state index in [9.17, 15) is 9.59 Å². The smallest absolute Gasteiger partial charge is 0.328 e. The van der Waals surface area contributed by atoms with Crippen molar-refractivity contribution in [2.45, 2.75) is 25.3 Å². The first-order valence-electron chi connectivity index (χ1n) is 7.36.